The lowest BCUT2D eigenvalue weighted by Gasteiger charge is -2.15. The largest absolute Gasteiger partial charge is 0.493 e. The van der Waals surface area contributed by atoms with Crippen molar-refractivity contribution in [3.05, 3.63) is 42.1 Å². The number of rotatable bonds is 11. The maximum absolute atomic E-state index is 10.2. The number of hydrogen-bond donors (Lipinski definition) is 3. The van der Waals surface area contributed by atoms with E-state index in [9.17, 15) is 5.11 Å². The molecule has 0 unspecified atom stereocenters. The van der Waals surface area contributed by atoms with Gasteiger partial charge in [-0.3, -0.25) is 5.10 Å². The van der Waals surface area contributed by atoms with Gasteiger partial charge in [-0.2, -0.15) is 5.10 Å². The van der Waals surface area contributed by atoms with Crippen LogP contribution in [-0.4, -0.2) is 61.9 Å². The molecule has 1 heterocycles. The van der Waals surface area contributed by atoms with Gasteiger partial charge in [0, 0.05) is 13.1 Å². The highest BCUT2D eigenvalue weighted by molar-refractivity contribution is 5.87. The van der Waals surface area contributed by atoms with E-state index in [1.807, 2.05) is 43.3 Å². The summed E-state index contributed by atoms with van der Waals surface area (Å²) in [6.45, 7) is 3.47. The van der Waals surface area contributed by atoms with E-state index < -0.39 is 6.10 Å². The Morgan fingerprint density at radius 1 is 1.03 bits per heavy atom. The third-order valence-corrected chi connectivity index (χ3v) is 4.45. The van der Waals surface area contributed by atoms with Crippen LogP contribution in [0.3, 0.4) is 0 Å². The molecule has 3 N–H and O–H groups in total. The van der Waals surface area contributed by atoms with E-state index in [0.29, 0.717) is 42.7 Å². The van der Waals surface area contributed by atoms with E-state index in [4.69, 9.17) is 18.9 Å². The average Bonchev–Trinajstić information content (AvgIpc) is 3.13. The maximum Gasteiger partial charge on any atom is 0.203 e. The van der Waals surface area contributed by atoms with Crippen molar-refractivity contribution in [1.82, 2.24) is 15.5 Å². The summed E-state index contributed by atoms with van der Waals surface area (Å²) in [6.07, 6.45) is -0.649. The Labute approximate surface area is 169 Å². The Balaban J connectivity index is 1.40. The van der Waals surface area contributed by atoms with Crippen LogP contribution in [0.4, 0.5) is 0 Å². The van der Waals surface area contributed by atoms with E-state index >= 15 is 0 Å². The zero-order chi connectivity index (χ0) is 20.6. The van der Waals surface area contributed by atoms with Gasteiger partial charge in [0.25, 0.3) is 0 Å². The fourth-order valence-electron chi connectivity index (χ4n) is 3.04. The smallest absolute Gasteiger partial charge is 0.203 e. The van der Waals surface area contributed by atoms with Gasteiger partial charge in [-0.15, -0.1) is 0 Å². The fraction of sp³-hybridized carbons (Fsp3) is 0.381. The molecule has 1 aromatic heterocycles. The van der Waals surface area contributed by atoms with Crippen LogP contribution in [0.25, 0.3) is 10.9 Å². The number of fused-ring (bicyclic) bond motifs is 1. The van der Waals surface area contributed by atoms with Gasteiger partial charge in [-0.25, -0.2) is 0 Å². The van der Waals surface area contributed by atoms with Crippen LogP contribution in [0, 0.1) is 6.92 Å². The number of benzene rings is 2. The molecule has 0 saturated heterocycles. The van der Waals surface area contributed by atoms with Gasteiger partial charge in [0.05, 0.1) is 30.8 Å². The number of hydrogen-bond acceptors (Lipinski definition) is 7. The SMILES string of the molecule is COc1cccc(OCCNC[C@H](O)COc2cccc3[nH]nc(C)c23)c1OC. The zero-order valence-electron chi connectivity index (χ0n) is 16.9. The van der Waals surface area contributed by atoms with Crippen molar-refractivity contribution >= 4 is 10.9 Å². The molecule has 0 bridgehead atoms. The Morgan fingerprint density at radius 2 is 1.79 bits per heavy atom. The van der Waals surface area contributed by atoms with Gasteiger partial charge in [-0.05, 0) is 31.2 Å². The second kappa shape index (κ2) is 9.99. The van der Waals surface area contributed by atoms with Crippen LogP contribution in [0.1, 0.15) is 5.69 Å². The van der Waals surface area contributed by atoms with Crippen molar-refractivity contribution in [2.75, 3.05) is 40.5 Å². The van der Waals surface area contributed by atoms with Gasteiger partial charge in [0.1, 0.15) is 25.1 Å². The highest BCUT2D eigenvalue weighted by Crippen LogP contribution is 2.36. The standard InChI is InChI=1S/C21H27N3O5/c1-14-20-16(24-23-14)6-4-7-17(20)29-13-15(25)12-22-10-11-28-19-9-5-8-18(26-2)21(19)27-3/h4-9,15,22,25H,10-13H2,1-3H3,(H,23,24)/t15-/m0/s1. The van der Waals surface area contributed by atoms with Crippen LogP contribution in [0.15, 0.2) is 36.4 Å². The molecular weight excluding hydrogens is 374 g/mol. The van der Waals surface area contributed by atoms with Crippen LogP contribution in [0.2, 0.25) is 0 Å². The van der Waals surface area contributed by atoms with Crippen molar-refractivity contribution in [1.29, 1.82) is 0 Å². The Bertz CT molecular complexity index is 928. The summed E-state index contributed by atoms with van der Waals surface area (Å²) >= 11 is 0. The highest BCUT2D eigenvalue weighted by Gasteiger charge is 2.12. The molecule has 1 atom stereocenters. The van der Waals surface area contributed by atoms with Crippen molar-refractivity contribution in [3.63, 3.8) is 0 Å². The van der Waals surface area contributed by atoms with E-state index in [0.717, 1.165) is 16.6 Å². The minimum atomic E-state index is -0.649. The lowest BCUT2D eigenvalue weighted by atomic mass is 10.2. The first-order valence-electron chi connectivity index (χ1n) is 9.43. The number of aromatic nitrogens is 2. The molecule has 0 spiro atoms. The quantitative estimate of drug-likeness (QED) is 0.424. The number of ether oxygens (including phenoxy) is 4. The summed E-state index contributed by atoms with van der Waals surface area (Å²) in [4.78, 5) is 0. The number of aliphatic hydroxyl groups is 1. The van der Waals surface area contributed by atoms with E-state index in [2.05, 4.69) is 15.5 Å². The van der Waals surface area contributed by atoms with Crippen molar-refractivity contribution < 1.29 is 24.1 Å². The molecule has 0 aliphatic rings. The van der Waals surface area contributed by atoms with Gasteiger partial charge in [0.2, 0.25) is 5.75 Å². The van der Waals surface area contributed by atoms with E-state index in [1.165, 1.54) is 0 Å². The second-order valence-corrected chi connectivity index (χ2v) is 6.50. The Kier molecular flexibility index (Phi) is 7.15. The third kappa shape index (κ3) is 5.10. The zero-order valence-corrected chi connectivity index (χ0v) is 16.9. The topological polar surface area (TPSA) is 97.9 Å². The summed E-state index contributed by atoms with van der Waals surface area (Å²) in [7, 11) is 3.16. The molecule has 0 aliphatic heterocycles. The monoisotopic (exact) mass is 401 g/mol. The number of nitrogens with one attached hydrogen (secondary N) is 2. The summed E-state index contributed by atoms with van der Waals surface area (Å²) in [5.41, 5.74) is 1.78. The molecule has 8 heteroatoms. The van der Waals surface area contributed by atoms with Crippen LogP contribution in [0.5, 0.6) is 23.0 Å². The summed E-state index contributed by atoms with van der Waals surface area (Å²) in [5.74, 6) is 2.50. The summed E-state index contributed by atoms with van der Waals surface area (Å²) in [5, 5.41) is 21.4. The van der Waals surface area contributed by atoms with Gasteiger partial charge >= 0.3 is 0 Å². The molecule has 8 nitrogen and oxygen atoms in total. The lowest BCUT2D eigenvalue weighted by molar-refractivity contribution is 0.106. The predicted octanol–water partition coefficient (Wildman–Crippen LogP) is 2.30. The lowest BCUT2D eigenvalue weighted by Crippen LogP contribution is -2.33. The van der Waals surface area contributed by atoms with Crippen molar-refractivity contribution in [2.24, 2.45) is 0 Å². The molecule has 0 saturated carbocycles. The number of H-pyrrole nitrogens is 1. The fourth-order valence-corrected chi connectivity index (χ4v) is 3.04. The predicted molar refractivity (Wildman–Crippen MR) is 110 cm³/mol. The Hall–Kier alpha value is -2.97. The minimum Gasteiger partial charge on any atom is -0.493 e. The first-order valence-corrected chi connectivity index (χ1v) is 9.43. The molecule has 3 rings (SSSR count). The maximum atomic E-state index is 10.2. The number of para-hydroxylation sites is 1. The Morgan fingerprint density at radius 3 is 2.59 bits per heavy atom. The van der Waals surface area contributed by atoms with Crippen molar-refractivity contribution in [3.8, 4) is 23.0 Å². The molecule has 29 heavy (non-hydrogen) atoms. The number of aromatic amines is 1. The molecule has 0 radical (unpaired) electrons. The van der Waals surface area contributed by atoms with E-state index in [-0.39, 0.29) is 6.61 Å². The van der Waals surface area contributed by atoms with Gasteiger partial charge in [-0.1, -0.05) is 12.1 Å². The third-order valence-electron chi connectivity index (χ3n) is 4.45. The van der Waals surface area contributed by atoms with E-state index in [1.54, 1.807) is 14.2 Å². The van der Waals surface area contributed by atoms with Crippen LogP contribution in [-0.2, 0) is 0 Å². The molecule has 2 aromatic carbocycles. The summed E-state index contributed by atoms with van der Waals surface area (Å²) < 4.78 is 22.1. The number of methoxy groups -OCH3 is 2. The molecule has 0 aliphatic carbocycles. The highest BCUT2D eigenvalue weighted by atomic mass is 16.5. The van der Waals surface area contributed by atoms with Crippen LogP contribution < -0.4 is 24.3 Å². The van der Waals surface area contributed by atoms with Crippen LogP contribution >= 0.6 is 0 Å². The number of aliphatic hydroxyl groups excluding tert-OH is 1. The second-order valence-electron chi connectivity index (χ2n) is 6.50. The summed E-state index contributed by atoms with van der Waals surface area (Å²) in [6, 6.07) is 11.2. The molecule has 0 fully saturated rings. The minimum absolute atomic E-state index is 0.182. The molecule has 156 valence electrons. The number of aryl methyl sites for hydroxylation is 1. The number of nitrogens with zero attached hydrogens (tertiary/aromatic N) is 1. The molecule has 3 aromatic rings. The van der Waals surface area contributed by atoms with Crippen molar-refractivity contribution in [2.45, 2.75) is 13.0 Å². The average molecular weight is 401 g/mol. The first kappa shape index (κ1) is 20.8. The first-order chi connectivity index (χ1) is 14.1. The normalized spacial score (nSPS) is 12.0. The van der Waals surface area contributed by atoms with Gasteiger partial charge in [0.15, 0.2) is 11.5 Å². The molecular formula is C21H27N3O5. The van der Waals surface area contributed by atoms with Gasteiger partial charge < -0.3 is 29.4 Å². The molecule has 0 amide bonds.